The minimum absolute atomic E-state index is 0.177. The standard InChI is InChI=1S/C12H13F2NO4/c13-10(14)7-15(5-6-16)11(17)8-3-1-2-4-9(8)12(18)19/h1-4,10,16H,5-7H2,(H,18,19). The third kappa shape index (κ3) is 3.99. The molecule has 0 aromatic heterocycles. The Labute approximate surface area is 108 Å². The molecule has 1 amide bonds. The van der Waals surface area contributed by atoms with Crippen molar-refractivity contribution in [3.05, 3.63) is 35.4 Å². The molecule has 0 bridgehead atoms. The molecule has 0 fully saturated rings. The number of rotatable bonds is 6. The van der Waals surface area contributed by atoms with Crippen molar-refractivity contribution in [3.8, 4) is 0 Å². The molecule has 7 heteroatoms. The van der Waals surface area contributed by atoms with Gasteiger partial charge in [-0.15, -0.1) is 0 Å². The predicted octanol–water partition coefficient (Wildman–Crippen LogP) is 1.08. The van der Waals surface area contributed by atoms with Crippen LogP contribution in [0.2, 0.25) is 0 Å². The van der Waals surface area contributed by atoms with E-state index in [-0.39, 0.29) is 17.7 Å². The fourth-order valence-corrected chi connectivity index (χ4v) is 1.59. The summed E-state index contributed by atoms with van der Waals surface area (Å²) in [5.74, 6) is -2.16. The number of carboxylic acid groups (broad SMARTS) is 1. The molecule has 1 aromatic carbocycles. The summed E-state index contributed by atoms with van der Waals surface area (Å²) in [6.07, 6.45) is -2.76. The summed E-state index contributed by atoms with van der Waals surface area (Å²) in [4.78, 5) is 23.7. The highest BCUT2D eigenvalue weighted by molar-refractivity contribution is 6.04. The number of aliphatic hydroxyl groups is 1. The van der Waals surface area contributed by atoms with Gasteiger partial charge >= 0.3 is 5.97 Å². The number of aliphatic hydroxyl groups excluding tert-OH is 1. The van der Waals surface area contributed by atoms with Gasteiger partial charge in [-0.25, -0.2) is 13.6 Å². The maximum Gasteiger partial charge on any atom is 0.336 e. The Morgan fingerprint density at radius 2 is 1.79 bits per heavy atom. The van der Waals surface area contributed by atoms with Crippen LogP contribution in [0.4, 0.5) is 8.78 Å². The lowest BCUT2D eigenvalue weighted by Gasteiger charge is -2.22. The number of hydrogen-bond donors (Lipinski definition) is 2. The lowest BCUT2D eigenvalue weighted by Crippen LogP contribution is -2.38. The normalized spacial score (nSPS) is 10.5. The van der Waals surface area contributed by atoms with Gasteiger partial charge in [-0.05, 0) is 12.1 Å². The number of nitrogens with zero attached hydrogens (tertiary/aromatic N) is 1. The number of hydrogen-bond acceptors (Lipinski definition) is 3. The Morgan fingerprint density at radius 3 is 2.26 bits per heavy atom. The average Bonchev–Trinajstić information content (AvgIpc) is 2.37. The molecule has 1 aromatic rings. The van der Waals surface area contributed by atoms with Gasteiger partial charge < -0.3 is 15.1 Å². The molecule has 0 spiro atoms. The van der Waals surface area contributed by atoms with E-state index in [1.54, 1.807) is 0 Å². The Bertz CT molecular complexity index is 465. The van der Waals surface area contributed by atoms with Crippen LogP contribution < -0.4 is 0 Å². The maximum atomic E-state index is 12.4. The van der Waals surface area contributed by atoms with Crippen LogP contribution in [0, 0.1) is 0 Å². The number of carboxylic acids is 1. The van der Waals surface area contributed by atoms with Crippen molar-refractivity contribution in [2.24, 2.45) is 0 Å². The van der Waals surface area contributed by atoms with Gasteiger partial charge in [0.25, 0.3) is 12.3 Å². The molecular weight excluding hydrogens is 260 g/mol. The third-order valence-electron chi connectivity index (χ3n) is 2.40. The largest absolute Gasteiger partial charge is 0.478 e. The third-order valence-corrected chi connectivity index (χ3v) is 2.40. The maximum absolute atomic E-state index is 12.4. The molecule has 0 atom stereocenters. The van der Waals surface area contributed by atoms with E-state index in [0.29, 0.717) is 0 Å². The van der Waals surface area contributed by atoms with Crippen LogP contribution in [-0.2, 0) is 0 Å². The number of halogens is 2. The molecule has 2 N–H and O–H groups in total. The van der Waals surface area contributed by atoms with Crippen molar-refractivity contribution < 1.29 is 28.6 Å². The van der Waals surface area contributed by atoms with Gasteiger partial charge in [0.05, 0.1) is 24.3 Å². The Balaban J connectivity index is 3.05. The Hall–Kier alpha value is -2.02. The van der Waals surface area contributed by atoms with E-state index in [1.165, 1.54) is 24.3 Å². The fourth-order valence-electron chi connectivity index (χ4n) is 1.59. The van der Waals surface area contributed by atoms with Crippen LogP contribution >= 0.6 is 0 Å². The second-order valence-corrected chi connectivity index (χ2v) is 3.72. The van der Waals surface area contributed by atoms with Crippen molar-refractivity contribution in [1.29, 1.82) is 0 Å². The first kappa shape index (κ1) is 15.0. The van der Waals surface area contributed by atoms with Gasteiger partial charge in [0.2, 0.25) is 0 Å². The van der Waals surface area contributed by atoms with Crippen LogP contribution in [0.1, 0.15) is 20.7 Å². The SMILES string of the molecule is O=C(O)c1ccccc1C(=O)N(CCO)CC(F)F. The lowest BCUT2D eigenvalue weighted by molar-refractivity contribution is 0.0503. The van der Waals surface area contributed by atoms with Gasteiger partial charge in [-0.2, -0.15) is 0 Å². The van der Waals surface area contributed by atoms with Crippen molar-refractivity contribution in [2.75, 3.05) is 19.7 Å². The van der Waals surface area contributed by atoms with E-state index in [0.717, 1.165) is 4.90 Å². The number of aromatic carboxylic acids is 1. The smallest absolute Gasteiger partial charge is 0.336 e. The van der Waals surface area contributed by atoms with Crippen LogP contribution in [0.5, 0.6) is 0 Å². The summed E-state index contributed by atoms with van der Waals surface area (Å²) in [6, 6.07) is 5.35. The first-order valence-corrected chi connectivity index (χ1v) is 5.48. The second-order valence-electron chi connectivity index (χ2n) is 3.72. The molecule has 0 aliphatic rings. The summed E-state index contributed by atoms with van der Waals surface area (Å²) in [5.41, 5.74) is -0.436. The van der Waals surface area contributed by atoms with Crippen molar-refractivity contribution in [3.63, 3.8) is 0 Å². The molecule has 0 aliphatic carbocycles. The Kier molecular flexibility index (Phi) is 5.37. The van der Waals surface area contributed by atoms with Crippen molar-refractivity contribution >= 4 is 11.9 Å². The molecule has 0 unspecified atom stereocenters. The van der Waals surface area contributed by atoms with Crippen molar-refractivity contribution in [1.82, 2.24) is 4.90 Å². The highest BCUT2D eigenvalue weighted by Crippen LogP contribution is 2.13. The van der Waals surface area contributed by atoms with Crippen LogP contribution in [0.3, 0.4) is 0 Å². The second kappa shape index (κ2) is 6.79. The fraction of sp³-hybridized carbons (Fsp3) is 0.333. The van der Waals surface area contributed by atoms with Gasteiger partial charge in [-0.1, -0.05) is 12.1 Å². The van der Waals surface area contributed by atoms with E-state index in [1.807, 2.05) is 0 Å². The van der Waals surface area contributed by atoms with Crippen LogP contribution in [0.15, 0.2) is 24.3 Å². The number of alkyl halides is 2. The van der Waals surface area contributed by atoms with Crippen LogP contribution in [0.25, 0.3) is 0 Å². The number of benzene rings is 1. The average molecular weight is 273 g/mol. The molecule has 0 saturated heterocycles. The first-order chi connectivity index (χ1) is 8.97. The van der Waals surface area contributed by atoms with Crippen molar-refractivity contribution in [2.45, 2.75) is 6.43 Å². The van der Waals surface area contributed by atoms with Gasteiger partial charge in [0.1, 0.15) is 0 Å². The zero-order valence-electron chi connectivity index (χ0n) is 9.92. The number of amides is 1. The zero-order chi connectivity index (χ0) is 14.4. The number of carbonyl (C=O) groups excluding carboxylic acids is 1. The van der Waals surface area contributed by atoms with E-state index in [9.17, 15) is 18.4 Å². The molecule has 5 nitrogen and oxygen atoms in total. The van der Waals surface area contributed by atoms with E-state index >= 15 is 0 Å². The van der Waals surface area contributed by atoms with Gasteiger partial charge in [-0.3, -0.25) is 4.79 Å². The van der Waals surface area contributed by atoms with Gasteiger partial charge in [0.15, 0.2) is 0 Å². The molecule has 0 saturated carbocycles. The Morgan fingerprint density at radius 1 is 1.21 bits per heavy atom. The van der Waals surface area contributed by atoms with E-state index < -0.39 is 31.5 Å². The molecular formula is C12H13F2NO4. The van der Waals surface area contributed by atoms with Crippen LogP contribution in [-0.4, -0.2) is 53.1 Å². The number of carbonyl (C=O) groups is 2. The monoisotopic (exact) mass is 273 g/mol. The molecule has 104 valence electrons. The van der Waals surface area contributed by atoms with Gasteiger partial charge in [0, 0.05) is 6.54 Å². The minimum Gasteiger partial charge on any atom is -0.478 e. The first-order valence-electron chi connectivity index (χ1n) is 5.48. The summed E-state index contributed by atoms with van der Waals surface area (Å²) >= 11 is 0. The highest BCUT2D eigenvalue weighted by Gasteiger charge is 2.23. The molecule has 0 heterocycles. The topological polar surface area (TPSA) is 77.8 Å². The summed E-state index contributed by atoms with van der Waals surface area (Å²) in [5, 5.41) is 17.7. The summed E-state index contributed by atoms with van der Waals surface area (Å²) in [6.45, 7) is -1.61. The molecule has 0 aliphatic heterocycles. The van der Waals surface area contributed by atoms with E-state index in [4.69, 9.17) is 10.2 Å². The highest BCUT2D eigenvalue weighted by atomic mass is 19.3. The van der Waals surface area contributed by atoms with E-state index in [2.05, 4.69) is 0 Å². The quantitative estimate of drug-likeness (QED) is 0.813. The summed E-state index contributed by atoms with van der Waals surface area (Å²) < 4.78 is 24.7. The molecule has 0 radical (unpaired) electrons. The summed E-state index contributed by atoms with van der Waals surface area (Å²) in [7, 11) is 0. The lowest BCUT2D eigenvalue weighted by atomic mass is 10.1. The minimum atomic E-state index is -2.76. The molecule has 1 rings (SSSR count). The molecule has 19 heavy (non-hydrogen) atoms. The zero-order valence-corrected chi connectivity index (χ0v) is 9.92. The predicted molar refractivity (Wildman–Crippen MR) is 62.4 cm³/mol.